The molecule has 0 bridgehead atoms. The van der Waals surface area contributed by atoms with Crippen molar-refractivity contribution >= 4 is 12.4 Å². The van der Waals surface area contributed by atoms with E-state index in [1.165, 1.54) is 0 Å². The first-order chi connectivity index (χ1) is 3.70. The number of aromatic hydroxyl groups is 2. The first-order valence-electron chi connectivity index (χ1n) is 2.14. The van der Waals surface area contributed by atoms with E-state index in [-0.39, 0.29) is 24.2 Å². The quantitative estimate of drug-likeness (QED) is 0.506. The SMILES string of the molecule is Cc1nc(O)c(O)[nH]1.Cl. The lowest BCUT2D eigenvalue weighted by Crippen LogP contribution is -1.68. The Balaban J connectivity index is 0.000000640. The minimum Gasteiger partial charge on any atom is -0.491 e. The third kappa shape index (κ3) is 1.50. The molecule has 0 aliphatic rings. The molecule has 0 aliphatic carbocycles. The summed E-state index contributed by atoms with van der Waals surface area (Å²) < 4.78 is 0. The molecule has 1 aromatic rings. The van der Waals surface area contributed by atoms with Crippen molar-refractivity contribution in [3.63, 3.8) is 0 Å². The van der Waals surface area contributed by atoms with E-state index in [1.54, 1.807) is 6.92 Å². The number of halogens is 1. The summed E-state index contributed by atoms with van der Waals surface area (Å²) in [4.78, 5) is 5.86. The summed E-state index contributed by atoms with van der Waals surface area (Å²) in [6.07, 6.45) is 0. The highest BCUT2D eigenvalue weighted by Crippen LogP contribution is 2.18. The maximum absolute atomic E-state index is 8.57. The molecule has 4 nitrogen and oxygen atoms in total. The number of imidazole rings is 1. The lowest BCUT2D eigenvalue weighted by Gasteiger charge is -1.77. The molecule has 0 unspecified atom stereocenters. The average Bonchev–Trinajstić information content (AvgIpc) is 1.85. The minimum absolute atomic E-state index is 0. The highest BCUT2D eigenvalue weighted by atomic mass is 35.5. The third-order valence-corrected chi connectivity index (χ3v) is 0.785. The van der Waals surface area contributed by atoms with Gasteiger partial charge in [-0.1, -0.05) is 0 Å². The second-order valence-corrected chi connectivity index (χ2v) is 1.49. The number of aryl methyl sites for hydroxylation is 1. The van der Waals surface area contributed by atoms with Crippen molar-refractivity contribution < 1.29 is 10.2 Å². The number of aromatic nitrogens is 2. The monoisotopic (exact) mass is 150 g/mol. The summed E-state index contributed by atoms with van der Waals surface area (Å²) in [7, 11) is 0. The molecule has 0 saturated carbocycles. The number of nitrogens with one attached hydrogen (secondary N) is 1. The maximum Gasteiger partial charge on any atom is 0.275 e. The third-order valence-electron chi connectivity index (χ3n) is 0.785. The van der Waals surface area contributed by atoms with Crippen molar-refractivity contribution in [1.82, 2.24) is 9.97 Å². The van der Waals surface area contributed by atoms with Crippen LogP contribution in [0.3, 0.4) is 0 Å². The van der Waals surface area contributed by atoms with E-state index in [1.807, 2.05) is 0 Å². The van der Waals surface area contributed by atoms with E-state index in [4.69, 9.17) is 10.2 Å². The van der Waals surface area contributed by atoms with E-state index in [2.05, 4.69) is 9.97 Å². The van der Waals surface area contributed by atoms with Gasteiger partial charge in [0, 0.05) is 0 Å². The van der Waals surface area contributed by atoms with Crippen LogP contribution in [0.4, 0.5) is 0 Å². The van der Waals surface area contributed by atoms with E-state index < -0.39 is 0 Å². The fraction of sp³-hybridized carbons (Fsp3) is 0.250. The molecule has 0 fully saturated rings. The molecule has 3 N–H and O–H groups in total. The first-order valence-corrected chi connectivity index (χ1v) is 2.14. The Morgan fingerprint density at radius 2 is 2.00 bits per heavy atom. The lowest BCUT2D eigenvalue weighted by atomic mass is 10.8. The first kappa shape index (κ1) is 8.10. The van der Waals surface area contributed by atoms with Gasteiger partial charge in [0.1, 0.15) is 5.82 Å². The Hall–Kier alpha value is -0.900. The predicted octanol–water partition coefficient (Wildman–Crippen LogP) is 0.551. The van der Waals surface area contributed by atoms with Gasteiger partial charge in [-0.25, -0.2) is 0 Å². The molecular formula is C4H7ClN2O2. The van der Waals surface area contributed by atoms with Crippen molar-refractivity contribution in [2.45, 2.75) is 6.92 Å². The molecule has 0 radical (unpaired) electrons. The number of nitrogens with zero attached hydrogens (tertiary/aromatic N) is 1. The molecule has 0 aromatic carbocycles. The maximum atomic E-state index is 8.57. The Morgan fingerprint density at radius 3 is 2.11 bits per heavy atom. The molecule has 0 amide bonds. The van der Waals surface area contributed by atoms with Crippen LogP contribution < -0.4 is 0 Å². The topological polar surface area (TPSA) is 69.1 Å². The number of rotatable bonds is 0. The standard InChI is InChI=1S/C4H6N2O2.ClH/c1-2-5-3(7)4(8)6-2;/h7-8H,1H3,(H,5,6);1H. The van der Waals surface area contributed by atoms with Gasteiger partial charge in [-0.2, -0.15) is 4.98 Å². The number of hydrogen-bond donors (Lipinski definition) is 3. The molecule has 0 saturated heterocycles. The van der Waals surface area contributed by atoms with Crippen LogP contribution in [0, 0.1) is 6.92 Å². The molecule has 52 valence electrons. The van der Waals surface area contributed by atoms with Gasteiger partial charge in [0.2, 0.25) is 0 Å². The number of aromatic amines is 1. The van der Waals surface area contributed by atoms with Crippen LogP contribution in [0.1, 0.15) is 5.82 Å². The van der Waals surface area contributed by atoms with Crippen molar-refractivity contribution in [3.8, 4) is 11.8 Å². The molecule has 9 heavy (non-hydrogen) atoms. The van der Waals surface area contributed by atoms with Crippen LogP contribution in [0.15, 0.2) is 0 Å². The molecule has 5 heteroatoms. The molecule has 0 spiro atoms. The fourth-order valence-corrected chi connectivity index (χ4v) is 0.467. The molecule has 1 heterocycles. The van der Waals surface area contributed by atoms with Gasteiger partial charge in [-0.15, -0.1) is 12.4 Å². The summed E-state index contributed by atoms with van der Waals surface area (Å²) in [5, 5.41) is 17.1. The number of H-pyrrole nitrogens is 1. The van der Waals surface area contributed by atoms with Crippen molar-refractivity contribution in [3.05, 3.63) is 5.82 Å². The predicted molar refractivity (Wildman–Crippen MR) is 33.9 cm³/mol. The zero-order chi connectivity index (χ0) is 6.15. The fourth-order valence-electron chi connectivity index (χ4n) is 0.467. The summed E-state index contributed by atoms with van der Waals surface area (Å²) in [6.45, 7) is 1.64. The zero-order valence-corrected chi connectivity index (χ0v) is 5.57. The zero-order valence-electron chi connectivity index (χ0n) is 4.75. The largest absolute Gasteiger partial charge is 0.491 e. The Morgan fingerprint density at radius 1 is 1.44 bits per heavy atom. The Bertz CT molecular complexity index is 179. The molecule has 1 rings (SSSR count). The van der Waals surface area contributed by atoms with E-state index in [9.17, 15) is 0 Å². The smallest absolute Gasteiger partial charge is 0.275 e. The summed E-state index contributed by atoms with van der Waals surface area (Å²) >= 11 is 0. The van der Waals surface area contributed by atoms with Crippen LogP contribution in [0.2, 0.25) is 0 Å². The van der Waals surface area contributed by atoms with Crippen LogP contribution >= 0.6 is 12.4 Å². The van der Waals surface area contributed by atoms with Crippen LogP contribution in [-0.4, -0.2) is 20.2 Å². The van der Waals surface area contributed by atoms with Gasteiger partial charge in [0.05, 0.1) is 0 Å². The lowest BCUT2D eigenvalue weighted by molar-refractivity contribution is 0.386. The van der Waals surface area contributed by atoms with Crippen LogP contribution in [0.25, 0.3) is 0 Å². The second kappa shape index (κ2) is 2.59. The van der Waals surface area contributed by atoms with Crippen molar-refractivity contribution in [2.75, 3.05) is 0 Å². The van der Waals surface area contributed by atoms with Gasteiger partial charge in [-0.3, -0.25) is 0 Å². The molecule has 1 aromatic heterocycles. The summed E-state index contributed by atoms with van der Waals surface area (Å²) in [5.74, 6) is -0.120. The van der Waals surface area contributed by atoms with Crippen molar-refractivity contribution in [2.24, 2.45) is 0 Å². The van der Waals surface area contributed by atoms with Crippen molar-refractivity contribution in [1.29, 1.82) is 0 Å². The van der Waals surface area contributed by atoms with E-state index >= 15 is 0 Å². The van der Waals surface area contributed by atoms with Crippen LogP contribution in [-0.2, 0) is 0 Å². The molecule has 0 aliphatic heterocycles. The average molecular weight is 151 g/mol. The number of hydrogen-bond acceptors (Lipinski definition) is 3. The van der Waals surface area contributed by atoms with Gasteiger partial charge in [-0.05, 0) is 6.92 Å². The second-order valence-electron chi connectivity index (χ2n) is 1.49. The van der Waals surface area contributed by atoms with Gasteiger partial charge >= 0.3 is 0 Å². The normalized spacial score (nSPS) is 8.56. The highest BCUT2D eigenvalue weighted by Gasteiger charge is 2.00. The van der Waals surface area contributed by atoms with Gasteiger partial charge in [0.15, 0.2) is 0 Å². The molecule has 0 atom stereocenters. The van der Waals surface area contributed by atoms with Gasteiger partial charge < -0.3 is 15.2 Å². The molecular weight excluding hydrogens is 144 g/mol. The van der Waals surface area contributed by atoms with E-state index in [0.717, 1.165) is 0 Å². The Kier molecular flexibility index (Phi) is 2.33. The summed E-state index contributed by atoms with van der Waals surface area (Å²) in [5.41, 5.74) is 0. The van der Waals surface area contributed by atoms with E-state index in [0.29, 0.717) is 5.82 Å². The minimum atomic E-state index is -0.345. The van der Waals surface area contributed by atoms with Gasteiger partial charge in [0.25, 0.3) is 11.8 Å². The summed E-state index contributed by atoms with van der Waals surface area (Å²) in [6, 6.07) is 0. The van der Waals surface area contributed by atoms with Crippen LogP contribution in [0.5, 0.6) is 11.8 Å². The Labute approximate surface area is 58.0 Å². The highest BCUT2D eigenvalue weighted by molar-refractivity contribution is 5.85.